The highest BCUT2D eigenvalue weighted by atomic mass is 35.5. The molecule has 0 unspecified atom stereocenters. The van der Waals surface area contributed by atoms with Crippen molar-refractivity contribution in [2.75, 3.05) is 0 Å². The summed E-state index contributed by atoms with van der Waals surface area (Å²) < 4.78 is 0. The Kier molecular flexibility index (Phi) is 2.76. The van der Waals surface area contributed by atoms with E-state index in [9.17, 15) is 5.11 Å². The quantitative estimate of drug-likeness (QED) is 0.712. The van der Waals surface area contributed by atoms with Crippen LogP contribution in [0.4, 0.5) is 0 Å². The van der Waals surface area contributed by atoms with Crippen LogP contribution in [-0.2, 0) is 0 Å². The smallest absolute Gasteiger partial charge is 0.0764 e. The Hall–Kier alpha value is -0.530. The molecule has 1 N–H and O–H groups in total. The molecule has 0 aliphatic carbocycles. The van der Waals surface area contributed by atoms with Crippen molar-refractivity contribution < 1.29 is 5.11 Å². The number of aliphatic hydroxyl groups is 1. The van der Waals surface area contributed by atoms with Gasteiger partial charge in [0, 0.05) is 5.02 Å². The molecule has 0 saturated heterocycles. The molecule has 0 aliphatic heterocycles. The van der Waals surface area contributed by atoms with Crippen LogP contribution in [0.15, 0.2) is 12.1 Å². The number of benzene rings is 1. The zero-order valence-electron chi connectivity index (χ0n) is 7.56. The first-order valence-electron chi connectivity index (χ1n) is 3.97. The van der Waals surface area contributed by atoms with Gasteiger partial charge in [-0.2, -0.15) is 0 Å². The Morgan fingerprint density at radius 1 is 1.25 bits per heavy atom. The first kappa shape index (κ1) is 9.56. The second kappa shape index (κ2) is 3.46. The van der Waals surface area contributed by atoms with Gasteiger partial charge in [0.2, 0.25) is 0 Å². The lowest BCUT2D eigenvalue weighted by molar-refractivity contribution is 0.198. The van der Waals surface area contributed by atoms with E-state index in [1.165, 1.54) is 0 Å². The SMILES string of the molecule is Cc1cc([C@H](C)O)c(C)cc1Cl. The molecule has 0 spiro atoms. The highest BCUT2D eigenvalue weighted by Gasteiger charge is 2.06. The van der Waals surface area contributed by atoms with Gasteiger partial charge in [0.25, 0.3) is 0 Å². The van der Waals surface area contributed by atoms with Crippen LogP contribution in [-0.4, -0.2) is 5.11 Å². The molecule has 1 rings (SSSR count). The fourth-order valence-corrected chi connectivity index (χ4v) is 1.47. The molecule has 0 fully saturated rings. The molecular weight excluding hydrogens is 172 g/mol. The number of halogens is 1. The molecule has 0 bridgehead atoms. The Morgan fingerprint density at radius 3 is 2.33 bits per heavy atom. The molecule has 0 aromatic heterocycles. The van der Waals surface area contributed by atoms with Crippen molar-refractivity contribution in [1.82, 2.24) is 0 Å². The van der Waals surface area contributed by atoms with Crippen molar-refractivity contribution >= 4 is 11.6 Å². The van der Waals surface area contributed by atoms with Gasteiger partial charge in [-0.1, -0.05) is 17.7 Å². The van der Waals surface area contributed by atoms with Crippen molar-refractivity contribution in [3.63, 3.8) is 0 Å². The van der Waals surface area contributed by atoms with Crippen molar-refractivity contribution in [1.29, 1.82) is 0 Å². The van der Waals surface area contributed by atoms with E-state index in [4.69, 9.17) is 11.6 Å². The van der Waals surface area contributed by atoms with Crippen LogP contribution < -0.4 is 0 Å². The molecule has 1 aromatic rings. The van der Waals surface area contributed by atoms with Crippen LogP contribution in [0.5, 0.6) is 0 Å². The Balaban J connectivity index is 3.23. The molecule has 0 saturated carbocycles. The number of aryl methyl sites for hydroxylation is 2. The molecule has 12 heavy (non-hydrogen) atoms. The minimum absolute atomic E-state index is 0.416. The Morgan fingerprint density at radius 2 is 1.83 bits per heavy atom. The zero-order chi connectivity index (χ0) is 9.30. The Bertz CT molecular complexity index is 292. The third-order valence-electron chi connectivity index (χ3n) is 2.00. The lowest BCUT2D eigenvalue weighted by Gasteiger charge is -2.10. The molecule has 1 atom stereocenters. The highest BCUT2D eigenvalue weighted by Crippen LogP contribution is 2.24. The van der Waals surface area contributed by atoms with Gasteiger partial charge in [-0.05, 0) is 43.5 Å². The Labute approximate surface area is 78.0 Å². The minimum atomic E-state index is -0.416. The van der Waals surface area contributed by atoms with Crippen molar-refractivity contribution in [3.8, 4) is 0 Å². The van der Waals surface area contributed by atoms with Crippen molar-refractivity contribution in [2.24, 2.45) is 0 Å². The molecule has 1 aromatic carbocycles. The monoisotopic (exact) mass is 184 g/mol. The van der Waals surface area contributed by atoms with Gasteiger partial charge in [0.15, 0.2) is 0 Å². The highest BCUT2D eigenvalue weighted by molar-refractivity contribution is 6.31. The van der Waals surface area contributed by atoms with Gasteiger partial charge >= 0.3 is 0 Å². The van der Waals surface area contributed by atoms with Crippen LogP contribution in [0, 0.1) is 13.8 Å². The minimum Gasteiger partial charge on any atom is -0.389 e. The van der Waals surface area contributed by atoms with Crippen LogP contribution in [0.1, 0.15) is 29.7 Å². The van der Waals surface area contributed by atoms with E-state index in [1.807, 2.05) is 26.0 Å². The molecule has 66 valence electrons. The summed E-state index contributed by atoms with van der Waals surface area (Å²) in [4.78, 5) is 0. The summed E-state index contributed by atoms with van der Waals surface area (Å²) in [5, 5.41) is 10.1. The lowest BCUT2D eigenvalue weighted by Crippen LogP contribution is -1.95. The fourth-order valence-electron chi connectivity index (χ4n) is 1.25. The summed E-state index contributed by atoms with van der Waals surface area (Å²) >= 11 is 5.91. The van der Waals surface area contributed by atoms with Gasteiger partial charge in [0.05, 0.1) is 6.10 Å². The summed E-state index contributed by atoms with van der Waals surface area (Å²) in [6, 6.07) is 3.82. The van der Waals surface area contributed by atoms with Crippen LogP contribution in [0.25, 0.3) is 0 Å². The largest absolute Gasteiger partial charge is 0.389 e. The summed E-state index contributed by atoms with van der Waals surface area (Å²) in [6.07, 6.45) is -0.416. The molecular formula is C10H13ClO. The number of aliphatic hydroxyl groups excluding tert-OH is 1. The molecule has 1 nitrogen and oxygen atoms in total. The van der Waals surface area contributed by atoms with Crippen molar-refractivity contribution in [2.45, 2.75) is 26.9 Å². The number of hydrogen-bond acceptors (Lipinski definition) is 1. The topological polar surface area (TPSA) is 20.2 Å². The second-order valence-electron chi connectivity index (χ2n) is 3.13. The maximum Gasteiger partial charge on any atom is 0.0764 e. The standard InChI is InChI=1S/C10H13ClO/c1-6-5-10(11)7(2)4-9(6)8(3)12/h4-5,8,12H,1-3H3/t8-/m0/s1. The first-order chi connectivity index (χ1) is 5.52. The number of rotatable bonds is 1. The van der Waals surface area contributed by atoms with E-state index < -0.39 is 6.10 Å². The molecule has 0 heterocycles. The van der Waals surface area contributed by atoms with Gasteiger partial charge in [-0.3, -0.25) is 0 Å². The third-order valence-corrected chi connectivity index (χ3v) is 2.40. The average molecular weight is 185 g/mol. The normalized spacial score (nSPS) is 13.1. The maximum atomic E-state index is 9.38. The summed E-state index contributed by atoms with van der Waals surface area (Å²) in [7, 11) is 0. The van der Waals surface area contributed by atoms with E-state index in [0.29, 0.717) is 0 Å². The molecule has 0 radical (unpaired) electrons. The first-order valence-corrected chi connectivity index (χ1v) is 4.35. The van der Waals surface area contributed by atoms with Gasteiger partial charge < -0.3 is 5.11 Å². The predicted octanol–water partition coefficient (Wildman–Crippen LogP) is 3.01. The molecule has 0 amide bonds. The fraction of sp³-hybridized carbons (Fsp3) is 0.400. The third kappa shape index (κ3) is 1.79. The van der Waals surface area contributed by atoms with Gasteiger partial charge in [-0.15, -0.1) is 0 Å². The van der Waals surface area contributed by atoms with E-state index in [1.54, 1.807) is 6.92 Å². The average Bonchev–Trinajstić information content (AvgIpc) is 1.96. The van der Waals surface area contributed by atoms with E-state index in [-0.39, 0.29) is 0 Å². The lowest BCUT2D eigenvalue weighted by atomic mass is 10.0. The molecule has 0 aliphatic rings. The summed E-state index contributed by atoms with van der Waals surface area (Å²) in [5.41, 5.74) is 3.01. The van der Waals surface area contributed by atoms with Crippen LogP contribution in [0.3, 0.4) is 0 Å². The van der Waals surface area contributed by atoms with Crippen molar-refractivity contribution in [3.05, 3.63) is 33.8 Å². The molecule has 2 heteroatoms. The van der Waals surface area contributed by atoms with E-state index in [2.05, 4.69) is 0 Å². The second-order valence-corrected chi connectivity index (χ2v) is 3.54. The summed E-state index contributed by atoms with van der Waals surface area (Å²) in [6.45, 7) is 5.65. The van der Waals surface area contributed by atoms with E-state index >= 15 is 0 Å². The zero-order valence-corrected chi connectivity index (χ0v) is 8.31. The number of hydrogen-bond donors (Lipinski definition) is 1. The van der Waals surface area contributed by atoms with E-state index in [0.717, 1.165) is 21.7 Å². The van der Waals surface area contributed by atoms with Crippen LogP contribution in [0.2, 0.25) is 5.02 Å². The summed E-state index contributed by atoms with van der Waals surface area (Å²) in [5.74, 6) is 0. The van der Waals surface area contributed by atoms with Gasteiger partial charge in [0.1, 0.15) is 0 Å². The maximum absolute atomic E-state index is 9.38. The van der Waals surface area contributed by atoms with Gasteiger partial charge in [-0.25, -0.2) is 0 Å². The van der Waals surface area contributed by atoms with Crippen LogP contribution >= 0.6 is 11.6 Å². The predicted molar refractivity (Wildman–Crippen MR) is 51.6 cm³/mol.